The fourth-order valence-electron chi connectivity index (χ4n) is 3.32. The van der Waals surface area contributed by atoms with Crippen LogP contribution in [0, 0.1) is 5.41 Å². The van der Waals surface area contributed by atoms with E-state index in [0.717, 1.165) is 25.9 Å². The quantitative estimate of drug-likeness (QED) is 0.762. The lowest BCUT2D eigenvalue weighted by molar-refractivity contribution is -0.130. The molecule has 6 nitrogen and oxygen atoms in total. The van der Waals surface area contributed by atoms with E-state index >= 15 is 0 Å². The van der Waals surface area contributed by atoms with Gasteiger partial charge in [0.2, 0.25) is 15.9 Å². The normalized spacial score (nSPS) is 25.3. The number of nitrogens with one attached hydrogen (secondary N) is 1. The first-order valence-electron chi connectivity index (χ1n) is 8.16. The number of rotatable bonds is 6. The molecule has 0 aromatic heterocycles. The van der Waals surface area contributed by atoms with Gasteiger partial charge in [-0.3, -0.25) is 9.18 Å². The zero-order chi connectivity index (χ0) is 17.3. The van der Waals surface area contributed by atoms with Crippen LogP contribution in [0.5, 0.6) is 0 Å². The molecule has 1 unspecified atom stereocenters. The molecule has 0 bridgehead atoms. The third kappa shape index (κ3) is 5.12. The first-order chi connectivity index (χ1) is 10.6. The van der Waals surface area contributed by atoms with Crippen LogP contribution in [0.15, 0.2) is 0 Å². The molecule has 0 radical (unpaired) electrons. The summed E-state index contributed by atoms with van der Waals surface area (Å²) in [5.74, 6) is -0.257. The van der Waals surface area contributed by atoms with Crippen molar-refractivity contribution >= 4 is 15.9 Å². The Morgan fingerprint density at radius 2 is 1.91 bits per heavy atom. The number of hydrogen-bond acceptors (Lipinski definition) is 4. The van der Waals surface area contributed by atoms with Crippen LogP contribution in [0.4, 0.5) is 4.39 Å². The topological polar surface area (TPSA) is 69.7 Å². The Hall–Kier alpha value is -0.730. The summed E-state index contributed by atoms with van der Waals surface area (Å²) in [4.78, 5) is 16.3. The standard InChI is InChI=1S/C15H28FN3O3S/c1-15(2,10-16)11-23(21,22)17-12-8-14(20)19(9-12)13-4-6-18(3)7-5-13/h12-13,17H,4-11H2,1-3H3. The van der Waals surface area contributed by atoms with Gasteiger partial charge in [0.05, 0.1) is 12.4 Å². The van der Waals surface area contributed by atoms with E-state index in [9.17, 15) is 17.6 Å². The molecular formula is C15H28FN3O3S. The molecular weight excluding hydrogens is 321 g/mol. The average Bonchev–Trinajstić information content (AvgIpc) is 2.78. The fraction of sp³-hybridized carbons (Fsp3) is 0.933. The van der Waals surface area contributed by atoms with Crippen LogP contribution in [0.1, 0.15) is 33.1 Å². The van der Waals surface area contributed by atoms with E-state index in [1.807, 2.05) is 4.90 Å². The lowest BCUT2D eigenvalue weighted by atomic mass is 9.99. The van der Waals surface area contributed by atoms with Gasteiger partial charge < -0.3 is 9.80 Å². The van der Waals surface area contributed by atoms with Crippen molar-refractivity contribution in [3.8, 4) is 0 Å². The zero-order valence-electron chi connectivity index (χ0n) is 14.2. The third-order valence-electron chi connectivity index (χ3n) is 4.58. The summed E-state index contributed by atoms with van der Waals surface area (Å²) in [6, 6.07) is -0.196. The third-order valence-corrected chi connectivity index (χ3v) is 6.43. The largest absolute Gasteiger partial charge is 0.338 e. The molecule has 2 aliphatic heterocycles. The van der Waals surface area contributed by atoms with Gasteiger partial charge >= 0.3 is 0 Å². The van der Waals surface area contributed by atoms with E-state index in [0.29, 0.717) is 6.54 Å². The highest BCUT2D eigenvalue weighted by Gasteiger charge is 2.38. The van der Waals surface area contributed by atoms with Crippen molar-refractivity contribution in [2.75, 3.05) is 39.1 Å². The number of nitrogens with zero attached hydrogens (tertiary/aromatic N) is 2. The lowest BCUT2D eigenvalue weighted by Gasteiger charge is -2.35. The molecule has 2 fully saturated rings. The molecule has 2 aliphatic rings. The average molecular weight is 349 g/mol. The number of halogens is 1. The molecule has 1 atom stereocenters. The number of amides is 1. The Morgan fingerprint density at radius 3 is 2.48 bits per heavy atom. The van der Waals surface area contributed by atoms with Crippen molar-refractivity contribution in [3.63, 3.8) is 0 Å². The van der Waals surface area contributed by atoms with Gasteiger partial charge in [0.25, 0.3) is 0 Å². The van der Waals surface area contributed by atoms with Crippen molar-refractivity contribution < 1.29 is 17.6 Å². The number of hydrogen-bond donors (Lipinski definition) is 1. The summed E-state index contributed by atoms with van der Waals surface area (Å²) in [5.41, 5.74) is -0.915. The number of likely N-dealkylation sites (tertiary alicyclic amines) is 2. The highest BCUT2D eigenvalue weighted by Crippen LogP contribution is 2.23. The van der Waals surface area contributed by atoms with Gasteiger partial charge in [0.15, 0.2) is 0 Å². The second kappa shape index (κ2) is 7.03. The fourth-order valence-corrected chi connectivity index (χ4v) is 5.17. The lowest BCUT2D eigenvalue weighted by Crippen LogP contribution is -2.46. The van der Waals surface area contributed by atoms with Crippen molar-refractivity contribution in [2.24, 2.45) is 5.41 Å². The number of piperidine rings is 1. The maximum absolute atomic E-state index is 12.9. The number of alkyl halides is 1. The minimum absolute atomic E-state index is 0.0111. The SMILES string of the molecule is CN1CCC(N2CC(NS(=O)(=O)CC(C)(C)CF)CC2=O)CC1. The van der Waals surface area contributed by atoms with E-state index in [-0.39, 0.29) is 24.1 Å². The Bertz CT molecular complexity index is 530. The Kier molecular flexibility index (Phi) is 5.68. The molecule has 2 heterocycles. The van der Waals surface area contributed by atoms with Gasteiger partial charge in [0.1, 0.15) is 0 Å². The molecule has 0 saturated carbocycles. The van der Waals surface area contributed by atoms with E-state index in [1.54, 1.807) is 13.8 Å². The van der Waals surface area contributed by atoms with Gasteiger partial charge in [-0.2, -0.15) is 0 Å². The summed E-state index contributed by atoms with van der Waals surface area (Å²) in [7, 11) is -1.54. The maximum atomic E-state index is 12.9. The second-order valence-electron chi connectivity index (χ2n) is 7.66. The second-order valence-corrected chi connectivity index (χ2v) is 9.41. The number of sulfonamides is 1. The first kappa shape index (κ1) is 18.6. The van der Waals surface area contributed by atoms with Crippen molar-refractivity contribution in [2.45, 2.75) is 45.2 Å². The number of carbonyl (C=O) groups excluding carboxylic acids is 1. The van der Waals surface area contributed by atoms with E-state index in [2.05, 4.69) is 16.7 Å². The van der Waals surface area contributed by atoms with E-state index in [1.165, 1.54) is 0 Å². The molecule has 0 aliphatic carbocycles. The van der Waals surface area contributed by atoms with Crippen molar-refractivity contribution in [3.05, 3.63) is 0 Å². The highest BCUT2D eigenvalue weighted by molar-refractivity contribution is 7.89. The predicted molar refractivity (Wildman–Crippen MR) is 87.3 cm³/mol. The summed E-state index contributed by atoms with van der Waals surface area (Å²) < 4.78 is 39.8. The number of carbonyl (C=O) groups is 1. The van der Waals surface area contributed by atoms with Crippen LogP contribution in [0.25, 0.3) is 0 Å². The molecule has 8 heteroatoms. The van der Waals surface area contributed by atoms with Gasteiger partial charge in [-0.25, -0.2) is 13.1 Å². The van der Waals surface area contributed by atoms with E-state index < -0.39 is 28.2 Å². The first-order valence-corrected chi connectivity index (χ1v) is 9.81. The van der Waals surface area contributed by atoms with E-state index in [4.69, 9.17) is 0 Å². The Morgan fingerprint density at radius 1 is 1.30 bits per heavy atom. The van der Waals surface area contributed by atoms with Crippen LogP contribution in [-0.4, -0.2) is 75.3 Å². The van der Waals surface area contributed by atoms with Crippen LogP contribution >= 0.6 is 0 Å². The van der Waals surface area contributed by atoms with Crippen molar-refractivity contribution in [1.29, 1.82) is 0 Å². The van der Waals surface area contributed by atoms with Gasteiger partial charge in [-0.05, 0) is 33.0 Å². The maximum Gasteiger partial charge on any atom is 0.224 e. The molecule has 2 rings (SSSR count). The smallest absolute Gasteiger partial charge is 0.224 e. The van der Waals surface area contributed by atoms with Crippen LogP contribution in [-0.2, 0) is 14.8 Å². The van der Waals surface area contributed by atoms with Crippen LogP contribution < -0.4 is 4.72 Å². The summed E-state index contributed by atoms with van der Waals surface area (Å²) in [6.45, 7) is 4.79. The molecule has 134 valence electrons. The molecule has 23 heavy (non-hydrogen) atoms. The Labute approximate surface area is 138 Å². The summed E-state index contributed by atoms with van der Waals surface area (Å²) >= 11 is 0. The van der Waals surface area contributed by atoms with Crippen LogP contribution in [0.3, 0.4) is 0 Å². The highest BCUT2D eigenvalue weighted by atomic mass is 32.2. The van der Waals surface area contributed by atoms with Gasteiger partial charge in [-0.1, -0.05) is 13.8 Å². The molecule has 1 N–H and O–H groups in total. The summed E-state index contributed by atoms with van der Waals surface area (Å²) in [5, 5.41) is 0. The predicted octanol–water partition coefficient (Wildman–Crippen LogP) is 0.597. The van der Waals surface area contributed by atoms with Crippen LogP contribution in [0.2, 0.25) is 0 Å². The van der Waals surface area contributed by atoms with Gasteiger partial charge in [0, 0.05) is 30.5 Å². The molecule has 1 amide bonds. The zero-order valence-corrected chi connectivity index (χ0v) is 15.0. The van der Waals surface area contributed by atoms with Gasteiger partial charge in [-0.15, -0.1) is 0 Å². The minimum Gasteiger partial charge on any atom is -0.338 e. The molecule has 2 saturated heterocycles. The summed E-state index contributed by atoms with van der Waals surface area (Å²) in [6.07, 6.45) is 2.05. The van der Waals surface area contributed by atoms with Crippen molar-refractivity contribution in [1.82, 2.24) is 14.5 Å². The molecule has 0 aromatic rings. The molecule has 0 spiro atoms. The minimum atomic E-state index is -3.60. The monoisotopic (exact) mass is 349 g/mol. The molecule has 0 aromatic carbocycles. The Balaban J connectivity index is 1.92.